The summed E-state index contributed by atoms with van der Waals surface area (Å²) in [6.07, 6.45) is 0. The quantitative estimate of drug-likeness (QED) is 0.893. The molecule has 0 saturated heterocycles. The second-order valence-corrected chi connectivity index (χ2v) is 4.50. The monoisotopic (exact) mass is 283 g/mol. The van der Waals surface area contributed by atoms with Crippen LogP contribution in [0.25, 0.3) is 11.1 Å². The molecule has 0 aliphatic carbocycles. The first-order chi connectivity index (χ1) is 8.49. The molecular weight excluding hydrogens is 276 g/mol. The van der Waals surface area contributed by atoms with Crippen molar-refractivity contribution in [1.29, 1.82) is 0 Å². The van der Waals surface area contributed by atoms with Crippen LogP contribution in [0.4, 0.5) is 4.39 Å². The number of benzene rings is 2. The van der Waals surface area contributed by atoms with Gasteiger partial charge in [0, 0.05) is 11.1 Å². The molecule has 0 aliphatic heterocycles. The zero-order chi connectivity index (χ0) is 13.3. The van der Waals surface area contributed by atoms with E-state index in [1.54, 1.807) is 12.1 Å². The van der Waals surface area contributed by atoms with Crippen molar-refractivity contribution in [3.63, 3.8) is 0 Å². The summed E-state index contributed by atoms with van der Waals surface area (Å²) in [6, 6.07) is 8.63. The zero-order valence-electron chi connectivity index (χ0n) is 9.08. The molecule has 0 atom stereocenters. The maximum absolute atomic E-state index is 13.7. The fraction of sp³-hybridized carbons (Fsp3) is 0. The summed E-state index contributed by atoms with van der Waals surface area (Å²) in [4.78, 5) is 11.1. The first-order valence-electron chi connectivity index (χ1n) is 5.04. The van der Waals surface area contributed by atoms with Gasteiger partial charge in [0.15, 0.2) is 0 Å². The van der Waals surface area contributed by atoms with Gasteiger partial charge in [-0.3, -0.25) is 4.79 Å². The summed E-state index contributed by atoms with van der Waals surface area (Å²) >= 11 is 11.7. The van der Waals surface area contributed by atoms with Gasteiger partial charge in [0.25, 0.3) is 0 Å². The lowest BCUT2D eigenvalue weighted by Crippen LogP contribution is -2.11. The fourth-order valence-corrected chi connectivity index (χ4v) is 1.86. The summed E-state index contributed by atoms with van der Waals surface area (Å²) in [6.45, 7) is 0. The Labute approximate surface area is 113 Å². The largest absolute Gasteiger partial charge is 0.366 e. The SMILES string of the molecule is NC(=O)c1ccc(F)c(-c2ccc(Cl)c(Cl)c2)c1. The van der Waals surface area contributed by atoms with E-state index in [0.717, 1.165) is 0 Å². The minimum absolute atomic E-state index is 0.234. The molecule has 0 radical (unpaired) electrons. The zero-order valence-corrected chi connectivity index (χ0v) is 10.6. The first-order valence-corrected chi connectivity index (χ1v) is 5.79. The van der Waals surface area contributed by atoms with Crippen LogP contribution >= 0.6 is 23.2 Å². The van der Waals surface area contributed by atoms with Crippen molar-refractivity contribution < 1.29 is 9.18 Å². The van der Waals surface area contributed by atoms with Crippen molar-refractivity contribution in [3.05, 3.63) is 57.8 Å². The molecule has 2 nitrogen and oxygen atoms in total. The van der Waals surface area contributed by atoms with Crippen molar-refractivity contribution in [3.8, 4) is 11.1 Å². The highest BCUT2D eigenvalue weighted by molar-refractivity contribution is 6.42. The van der Waals surface area contributed by atoms with E-state index in [2.05, 4.69) is 0 Å². The van der Waals surface area contributed by atoms with E-state index in [1.165, 1.54) is 24.3 Å². The second-order valence-electron chi connectivity index (χ2n) is 3.69. The lowest BCUT2D eigenvalue weighted by atomic mass is 10.0. The molecule has 1 amide bonds. The third kappa shape index (κ3) is 2.47. The average molecular weight is 284 g/mol. The Morgan fingerprint density at radius 2 is 1.78 bits per heavy atom. The minimum atomic E-state index is -0.615. The topological polar surface area (TPSA) is 43.1 Å². The molecular formula is C13H8Cl2FNO. The number of rotatable bonds is 2. The number of primary amides is 1. The Hall–Kier alpha value is -1.58. The number of amides is 1. The first kappa shape index (κ1) is 12.9. The maximum atomic E-state index is 13.7. The molecule has 0 aromatic heterocycles. The highest BCUT2D eigenvalue weighted by atomic mass is 35.5. The summed E-state index contributed by atoms with van der Waals surface area (Å²) in [5, 5.41) is 0.699. The van der Waals surface area contributed by atoms with Crippen LogP contribution in [0, 0.1) is 5.82 Å². The van der Waals surface area contributed by atoms with Crippen molar-refractivity contribution in [1.82, 2.24) is 0 Å². The molecule has 0 unspecified atom stereocenters. The summed E-state index contributed by atoms with van der Waals surface area (Å²) in [7, 11) is 0. The van der Waals surface area contributed by atoms with Crippen molar-refractivity contribution in [2.75, 3.05) is 0 Å². The highest BCUT2D eigenvalue weighted by Crippen LogP contribution is 2.30. The summed E-state index contributed by atoms with van der Waals surface area (Å²) in [5.74, 6) is -1.07. The van der Waals surface area contributed by atoms with Gasteiger partial charge in [-0.2, -0.15) is 0 Å². The van der Waals surface area contributed by atoms with Crippen LogP contribution in [0.5, 0.6) is 0 Å². The highest BCUT2D eigenvalue weighted by Gasteiger charge is 2.10. The van der Waals surface area contributed by atoms with E-state index < -0.39 is 11.7 Å². The third-order valence-corrected chi connectivity index (χ3v) is 3.22. The van der Waals surface area contributed by atoms with Gasteiger partial charge in [-0.1, -0.05) is 29.3 Å². The molecule has 2 rings (SSSR count). The lowest BCUT2D eigenvalue weighted by Gasteiger charge is -2.06. The van der Waals surface area contributed by atoms with Crippen molar-refractivity contribution in [2.24, 2.45) is 5.73 Å². The van der Waals surface area contributed by atoms with E-state index in [9.17, 15) is 9.18 Å². The summed E-state index contributed by atoms with van der Waals surface area (Å²) in [5.41, 5.74) is 6.18. The van der Waals surface area contributed by atoms with Crippen LogP contribution in [-0.4, -0.2) is 5.91 Å². The summed E-state index contributed by atoms with van der Waals surface area (Å²) < 4.78 is 13.7. The smallest absolute Gasteiger partial charge is 0.248 e. The predicted octanol–water partition coefficient (Wildman–Crippen LogP) is 3.90. The van der Waals surface area contributed by atoms with Gasteiger partial charge >= 0.3 is 0 Å². The van der Waals surface area contributed by atoms with E-state index in [4.69, 9.17) is 28.9 Å². The standard InChI is InChI=1S/C13H8Cl2FNO/c14-10-3-1-7(6-11(10)15)9-5-8(13(17)18)2-4-12(9)16/h1-6H,(H2,17,18). The molecule has 5 heteroatoms. The normalized spacial score (nSPS) is 10.4. The van der Waals surface area contributed by atoms with E-state index >= 15 is 0 Å². The lowest BCUT2D eigenvalue weighted by molar-refractivity contribution is 0.100. The Balaban J connectivity index is 2.58. The Morgan fingerprint density at radius 1 is 1.06 bits per heavy atom. The molecule has 0 saturated carbocycles. The van der Waals surface area contributed by atoms with Gasteiger partial charge in [0.05, 0.1) is 10.0 Å². The third-order valence-electron chi connectivity index (χ3n) is 2.48. The number of halogens is 3. The van der Waals surface area contributed by atoms with Crippen LogP contribution in [0.3, 0.4) is 0 Å². The Morgan fingerprint density at radius 3 is 2.39 bits per heavy atom. The van der Waals surface area contributed by atoms with E-state index in [-0.39, 0.29) is 11.1 Å². The molecule has 0 aliphatic rings. The fourth-order valence-electron chi connectivity index (χ4n) is 1.56. The van der Waals surface area contributed by atoms with Gasteiger partial charge in [0.1, 0.15) is 5.82 Å². The van der Waals surface area contributed by atoms with E-state index in [0.29, 0.717) is 15.6 Å². The molecule has 2 N–H and O–H groups in total. The molecule has 0 bridgehead atoms. The van der Waals surface area contributed by atoms with Crippen LogP contribution in [0.2, 0.25) is 10.0 Å². The average Bonchev–Trinajstić information content (AvgIpc) is 2.33. The molecule has 92 valence electrons. The van der Waals surface area contributed by atoms with Crippen molar-refractivity contribution >= 4 is 29.1 Å². The molecule has 18 heavy (non-hydrogen) atoms. The number of nitrogens with two attached hydrogens (primary N) is 1. The molecule has 0 fully saturated rings. The number of hydrogen-bond acceptors (Lipinski definition) is 1. The number of carbonyl (C=O) groups excluding carboxylic acids is 1. The van der Waals surface area contributed by atoms with E-state index in [1.807, 2.05) is 0 Å². The van der Waals surface area contributed by atoms with Gasteiger partial charge in [-0.25, -0.2) is 4.39 Å². The Bertz CT molecular complexity index is 628. The van der Waals surface area contributed by atoms with Crippen LogP contribution < -0.4 is 5.73 Å². The van der Waals surface area contributed by atoms with Crippen molar-refractivity contribution in [2.45, 2.75) is 0 Å². The van der Waals surface area contributed by atoms with Gasteiger partial charge in [0.2, 0.25) is 5.91 Å². The van der Waals surface area contributed by atoms with Gasteiger partial charge in [-0.05, 0) is 35.9 Å². The van der Waals surface area contributed by atoms with Crippen LogP contribution in [-0.2, 0) is 0 Å². The molecule has 2 aromatic rings. The predicted molar refractivity (Wildman–Crippen MR) is 70.4 cm³/mol. The van der Waals surface area contributed by atoms with Gasteiger partial charge < -0.3 is 5.73 Å². The maximum Gasteiger partial charge on any atom is 0.248 e. The minimum Gasteiger partial charge on any atom is -0.366 e. The number of hydrogen-bond donors (Lipinski definition) is 1. The van der Waals surface area contributed by atoms with Crippen LogP contribution in [0.1, 0.15) is 10.4 Å². The number of carbonyl (C=O) groups is 1. The molecule has 0 heterocycles. The second kappa shape index (κ2) is 4.96. The van der Waals surface area contributed by atoms with Crippen LogP contribution in [0.15, 0.2) is 36.4 Å². The molecule has 2 aromatic carbocycles. The Kier molecular flexibility index (Phi) is 3.55. The van der Waals surface area contributed by atoms with Gasteiger partial charge in [-0.15, -0.1) is 0 Å². The molecule has 0 spiro atoms.